The number of aromatic nitrogens is 2. The molecule has 0 spiro atoms. The lowest BCUT2D eigenvalue weighted by Gasteiger charge is -2.38. The highest BCUT2D eigenvalue weighted by Gasteiger charge is 2.32. The highest BCUT2D eigenvalue weighted by molar-refractivity contribution is 5.38. The van der Waals surface area contributed by atoms with E-state index >= 15 is 0 Å². The van der Waals surface area contributed by atoms with Crippen LogP contribution in [0.25, 0.3) is 0 Å². The molecule has 76 valence electrons. The topological polar surface area (TPSA) is 63.8 Å². The van der Waals surface area contributed by atoms with Crippen molar-refractivity contribution in [1.82, 2.24) is 9.97 Å². The minimum Gasteiger partial charge on any atom is -0.367 e. The number of hydrogen-bond acceptors (Lipinski definition) is 4. The molecule has 4 heteroatoms. The van der Waals surface area contributed by atoms with Gasteiger partial charge in [-0.25, -0.2) is 4.98 Å². The van der Waals surface area contributed by atoms with E-state index in [0.717, 1.165) is 30.9 Å². The first-order valence-corrected chi connectivity index (χ1v) is 5.00. The second kappa shape index (κ2) is 3.53. The molecule has 14 heavy (non-hydrogen) atoms. The number of anilines is 1. The van der Waals surface area contributed by atoms with Crippen molar-refractivity contribution in [2.75, 3.05) is 11.9 Å². The van der Waals surface area contributed by atoms with Crippen molar-refractivity contribution in [1.29, 1.82) is 0 Å². The van der Waals surface area contributed by atoms with Gasteiger partial charge in [-0.05, 0) is 26.2 Å². The summed E-state index contributed by atoms with van der Waals surface area (Å²) < 4.78 is 0. The van der Waals surface area contributed by atoms with Crippen LogP contribution in [0.15, 0.2) is 12.4 Å². The van der Waals surface area contributed by atoms with E-state index in [2.05, 4.69) is 15.3 Å². The second-order valence-electron chi connectivity index (χ2n) is 4.06. The summed E-state index contributed by atoms with van der Waals surface area (Å²) in [6.07, 6.45) is 6.86. The molecule has 0 amide bonds. The van der Waals surface area contributed by atoms with Crippen molar-refractivity contribution < 1.29 is 0 Å². The lowest BCUT2D eigenvalue weighted by Crippen LogP contribution is -2.52. The Hall–Kier alpha value is -1.16. The maximum absolute atomic E-state index is 6.09. The smallest absolute Gasteiger partial charge is 0.147 e. The zero-order valence-electron chi connectivity index (χ0n) is 8.45. The minimum absolute atomic E-state index is 0.00996. The van der Waals surface area contributed by atoms with Gasteiger partial charge in [-0.3, -0.25) is 4.98 Å². The second-order valence-corrected chi connectivity index (χ2v) is 4.06. The van der Waals surface area contributed by atoms with E-state index in [1.807, 2.05) is 6.92 Å². The average Bonchev–Trinajstić information content (AvgIpc) is 2.14. The molecule has 0 bridgehead atoms. The van der Waals surface area contributed by atoms with Gasteiger partial charge in [0.25, 0.3) is 0 Å². The number of nitrogens with zero attached hydrogens (tertiary/aromatic N) is 2. The highest BCUT2D eigenvalue weighted by Crippen LogP contribution is 2.29. The van der Waals surface area contributed by atoms with E-state index in [-0.39, 0.29) is 5.54 Å². The summed E-state index contributed by atoms with van der Waals surface area (Å²) in [4.78, 5) is 8.37. The van der Waals surface area contributed by atoms with Gasteiger partial charge in [0.1, 0.15) is 5.82 Å². The Morgan fingerprint density at radius 1 is 1.43 bits per heavy atom. The fourth-order valence-electron chi connectivity index (χ4n) is 1.65. The van der Waals surface area contributed by atoms with Gasteiger partial charge < -0.3 is 11.1 Å². The van der Waals surface area contributed by atoms with Crippen LogP contribution in [0.1, 0.15) is 25.0 Å². The van der Waals surface area contributed by atoms with Gasteiger partial charge in [0.05, 0.1) is 5.69 Å². The van der Waals surface area contributed by atoms with Crippen LogP contribution < -0.4 is 11.1 Å². The Balaban J connectivity index is 1.95. The Morgan fingerprint density at radius 2 is 2.14 bits per heavy atom. The SMILES string of the molecule is Cc1nccnc1NCC1(N)CCC1. The van der Waals surface area contributed by atoms with E-state index < -0.39 is 0 Å². The molecule has 1 fully saturated rings. The van der Waals surface area contributed by atoms with Crippen LogP contribution >= 0.6 is 0 Å². The number of nitrogens with two attached hydrogens (primary N) is 1. The molecular formula is C10H16N4. The van der Waals surface area contributed by atoms with Gasteiger partial charge in [-0.1, -0.05) is 0 Å². The summed E-state index contributed by atoms with van der Waals surface area (Å²) in [6, 6.07) is 0. The van der Waals surface area contributed by atoms with Gasteiger partial charge >= 0.3 is 0 Å². The van der Waals surface area contributed by atoms with Crippen LogP contribution in [0.5, 0.6) is 0 Å². The maximum Gasteiger partial charge on any atom is 0.147 e. The molecule has 0 saturated heterocycles. The summed E-state index contributed by atoms with van der Waals surface area (Å²) in [5.74, 6) is 0.851. The number of hydrogen-bond donors (Lipinski definition) is 2. The Morgan fingerprint density at radius 3 is 2.71 bits per heavy atom. The molecule has 3 N–H and O–H groups in total. The molecule has 0 radical (unpaired) electrons. The van der Waals surface area contributed by atoms with E-state index in [1.54, 1.807) is 12.4 Å². The molecule has 1 aliphatic carbocycles. The van der Waals surface area contributed by atoms with Crippen molar-refractivity contribution in [3.8, 4) is 0 Å². The number of rotatable bonds is 3. The first-order valence-electron chi connectivity index (χ1n) is 5.00. The summed E-state index contributed by atoms with van der Waals surface area (Å²) in [5.41, 5.74) is 7.01. The predicted molar refractivity (Wildman–Crippen MR) is 56.0 cm³/mol. The van der Waals surface area contributed by atoms with Crippen LogP contribution in [-0.2, 0) is 0 Å². The zero-order chi connectivity index (χ0) is 10.0. The van der Waals surface area contributed by atoms with Gasteiger partial charge in [0.2, 0.25) is 0 Å². The molecule has 4 nitrogen and oxygen atoms in total. The molecule has 0 unspecified atom stereocenters. The monoisotopic (exact) mass is 192 g/mol. The van der Waals surface area contributed by atoms with Crippen molar-refractivity contribution in [3.05, 3.63) is 18.1 Å². The average molecular weight is 192 g/mol. The molecule has 1 aliphatic rings. The zero-order valence-corrected chi connectivity index (χ0v) is 8.45. The lowest BCUT2D eigenvalue weighted by molar-refractivity contribution is 0.265. The fraction of sp³-hybridized carbons (Fsp3) is 0.600. The van der Waals surface area contributed by atoms with E-state index in [0.29, 0.717) is 0 Å². The van der Waals surface area contributed by atoms with Crippen molar-refractivity contribution >= 4 is 5.82 Å². The lowest BCUT2D eigenvalue weighted by atomic mass is 9.78. The largest absolute Gasteiger partial charge is 0.367 e. The molecular weight excluding hydrogens is 176 g/mol. The number of aryl methyl sites for hydroxylation is 1. The molecule has 0 aliphatic heterocycles. The first-order chi connectivity index (χ1) is 6.70. The molecule has 1 saturated carbocycles. The van der Waals surface area contributed by atoms with Crippen LogP contribution in [0.4, 0.5) is 5.82 Å². The van der Waals surface area contributed by atoms with Gasteiger partial charge in [0.15, 0.2) is 0 Å². The third kappa shape index (κ3) is 1.85. The molecule has 0 aromatic carbocycles. The fourth-order valence-corrected chi connectivity index (χ4v) is 1.65. The van der Waals surface area contributed by atoms with Crippen LogP contribution in [0.3, 0.4) is 0 Å². The third-order valence-electron chi connectivity index (χ3n) is 2.84. The minimum atomic E-state index is -0.00996. The van der Waals surface area contributed by atoms with Crippen LogP contribution in [0, 0.1) is 6.92 Å². The Kier molecular flexibility index (Phi) is 2.37. The summed E-state index contributed by atoms with van der Waals surface area (Å²) in [5, 5.41) is 3.26. The molecule has 2 rings (SSSR count). The standard InChI is InChI=1S/C10H16N4/c1-8-9(13-6-5-12-8)14-7-10(11)3-2-4-10/h5-6H,2-4,7,11H2,1H3,(H,13,14). The predicted octanol–water partition coefficient (Wildman–Crippen LogP) is 1.08. The quantitative estimate of drug-likeness (QED) is 0.752. The summed E-state index contributed by atoms with van der Waals surface area (Å²) in [7, 11) is 0. The first kappa shape index (κ1) is 9.40. The van der Waals surface area contributed by atoms with Gasteiger partial charge in [0, 0.05) is 24.5 Å². The third-order valence-corrected chi connectivity index (χ3v) is 2.84. The Labute approximate surface area is 83.9 Å². The molecule has 1 aromatic heterocycles. The Bertz CT molecular complexity index is 320. The summed E-state index contributed by atoms with van der Waals surface area (Å²) in [6.45, 7) is 2.74. The van der Waals surface area contributed by atoms with Crippen LogP contribution in [-0.4, -0.2) is 22.1 Å². The number of nitrogens with one attached hydrogen (secondary N) is 1. The van der Waals surface area contributed by atoms with Gasteiger partial charge in [-0.2, -0.15) is 0 Å². The van der Waals surface area contributed by atoms with Crippen molar-refractivity contribution in [2.24, 2.45) is 5.73 Å². The molecule has 0 atom stereocenters. The van der Waals surface area contributed by atoms with Crippen molar-refractivity contribution in [3.63, 3.8) is 0 Å². The van der Waals surface area contributed by atoms with Crippen molar-refractivity contribution in [2.45, 2.75) is 31.7 Å². The normalized spacial score (nSPS) is 18.7. The summed E-state index contributed by atoms with van der Waals surface area (Å²) >= 11 is 0. The maximum atomic E-state index is 6.09. The highest BCUT2D eigenvalue weighted by atomic mass is 15.0. The molecule has 1 aromatic rings. The van der Waals surface area contributed by atoms with E-state index in [9.17, 15) is 0 Å². The van der Waals surface area contributed by atoms with E-state index in [4.69, 9.17) is 5.73 Å². The van der Waals surface area contributed by atoms with Gasteiger partial charge in [-0.15, -0.1) is 0 Å². The van der Waals surface area contributed by atoms with Crippen LogP contribution in [0.2, 0.25) is 0 Å². The molecule has 1 heterocycles. The van der Waals surface area contributed by atoms with E-state index in [1.165, 1.54) is 6.42 Å².